The van der Waals surface area contributed by atoms with Crippen LogP contribution < -0.4 is 5.73 Å². The summed E-state index contributed by atoms with van der Waals surface area (Å²) in [7, 11) is 0. The molecule has 0 aliphatic carbocycles. The molecule has 0 unspecified atom stereocenters. The van der Waals surface area contributed by atoms with Crippen molar-refractivity contribution in [2.24, 2.45) is 0 Å². The molecule has 90 valence electrons. The molecule has 3 aromatic rings. The Morgan fingerprint density at radius 1 is 1.11 bits per heavy atom. The Bertz CT molecular complexity index is 737. The number of hydrogen-bond acceptors (Lipinski definition) is 4. The number of nitrogens with two attached hydrogens (primary N) is 1. The largest absolute Gasteiger partial charge is 0.382 e. The zero-order valence-corrected chi connectivity index (χ0v) is 10.5. The van der Waals surface area contributed by atoms with Gasteiger partial charge in [-0.1, -0.05) is 40.5 Å². The van der Waals surface area contributed by atoms with Crippen LogP contribution in [0.5, 0.6) is 0 Å². The second kappa shape index (κ2) is 4.12. The number of pyridine rings is 1. The lowest BCUT2D eigenvalue weighted by Crippen LogP contribution is -2.03. The monoisotopic (exact) mass is 279 g/mol. The SMILES string of the molecule is Nc1nc(-n2nnc3ccccc32)c(Cl)cc1Cl. The van der Waals surface area contributed by atoms with Crippen LogP contribution in [0.25, 0.3) is 16.9 Å². The number of anilines is 1. The normalized spacial score (nSPS) is 11.0. The van der Waals surface area contributed by atoms with Gasteiger partial charge >= 0.3 is 0 Å². The Kier molecular flexibility index (Phi) is 2.57. The Hall–Kier alpha value is -1.85. The Balaban J connectivity index is 2.29. The average molecular weight is 280 g/mol. The highest BCUT2D eigenvalue weighted by atomic mass is 35.5. The molecule has 0 aliphatic rings. The average Bonchev–Trinajstić information content (AvgIpc) is 2.78. The molecular weight excluding hydrogens is 273 g/mol. The summed E-state index contributed by atoms with van der Waals surface area (Å²) in [6.45, 7) is 0. The van der Waals surface area contributed by atoms with Gasteiger partial charge in [0, 0.05) is 0 Å². The first-order valence-corrected chi connectivity index (χ1v) is 5.85. The van der Waals surface area contributed by atoms with Crippen LogP contribution >= 0.6 is 23.2 Å². The van der Waals surface area contributed by atoms with Crippen LogP contribution in [0.4, 0.5) is 5.82 Å². The maximum absolute atomic E-state index is 6.10. The molecule has 0 radical (unpaired) electrons. The van der Waals surface area contributed by atoms with Crippen LogP contribution in [0, 0.1) is 0 Å². The molecule has 2 aromatic heterocycles. The van der Waals surface area contributed by atoms with Gasteiger partial charge in [0.25, 0.3) is 0 Å². The number of fused-ring (bicyclic) bond motifs is 1. The quantitative estimate of drug-likeness (QED) is 0.744. The standard InChI is InChI=1S/C11H7Cl2N5/c12-6-5-7(13)11(15-10(6)14)18-9-4-2-1-3-8(9)16-17-18/h1-5H,(H2,14,15). The second-order valence-corrected chi connectivity index (χ2v) is 4.47. The van der Waals surface area contributed by atoms with Gasteiger partial charge in [0.15, 0.2) is 5.82 Å². The van der Waals surface area contributed by atoms with E-state index in [4.69, 9.17) is 28.9 Å². The third-order valence-corrected chi connectivity index (χ3v) is 3.07. The Morgan fingerprint density at radius 3 is 2.72 bits per heavy atom. The summed E-state index contributed by atoms with van der Waals surface area (Å²) in [5, 5.41) is 8.73. The van der Waals surface area contributed by atoms with E-state index < -0.39 is 0 Å². The highest BCUT2D eigenvalue weighted by Gasteiger charge is 2.13. The predicted molar refractivity (Wildman–Crippen MR) is 71.1 cm³/mol. The van der Waals surface area contributed by atoms with Gasteiger partial charge in [0.2, 0.25) is 0 Å². The summed E-state index contributed by atoms with van der Waals surface area (Å²) < 4.78 is 1.53. The molecule has 5 nitrogen and oxygen atoms in total. The lowest BCUT2D eigenvalue weighted by Gasteiger charge is -2.06. The minimum Gasteiger partial charge on any atom is -0.382 e. The molecule has 2 heterocycles. The van der Waals surface area contributed by atoms with Crippen molar-refractivity contribution >= 4 is 40.1 Å². The fraction of sp³-hybridized carbons (Fsp3) is 0. The summed E-state index contributed by atoms with van der Waals surface area (Å²) in [5.74, 6) is 0.614. The molecule has 0 saturated heterocycles. The predicted octanol–water partition coefficient (Wildman–Crippen LogP) is 2.70. The molecule has 0 bridgehead atoms. The molecule has 0 spiro atoms. The van der Waals surface area contributed by atoms with Crippen molar-refractivity contribution in [1.29, 1.82) is 0 Å². The first kappa shape index (κ1) is 11.3. The third-order valence-electron chi connectivity index (χ3n) is 2.49. The molecule has 0 saturated carbocycles. The van der Waals surface area contributed by atoms with E-state index in [1.165, 1.54) is 10.7 Å². The smallest absolute Gasteiger partial charge is 0.176 e. The second-order valence-electron chi connectivity index (χ2n) is 3.65. The van der Waals surface area contributed by atoms with Crippen molar-refractivity contribution in [3.05, 3.63) is 40.4 Å². The van der Waals surface area contributed by atoms with Gasteiger partial charge in [0.1, 0.15) is 11.3 Å². The van der Waals surface area contributed by atoms with Crippen LogP contribution in [-0.2, 0) is 0 Å². The fourth-order valence-electron chi connectivity index (χ4n) is 1.64. The number of halogens is 2. The van der Waals surface area contributed by atoms with Crippen LogP contribution in [-0.4, -0.2) is 20.0 Å². The van der Waals surface area contributed by atoms with E-state index in [0.29, 0.717) is 15.9 Å². The summed E-state index contributed by atoms with van der Waals surface area (Å²) in [5.41, 5.74) is 7.23. The minimum absolute atomic E-state index is 0.204. The van der Waals surface area contributed by atoms with Crippen LogP contribution in [0.15, 0.2) is 30.3 Å². The molecule has 0 amide bonds. The molecule has 0 fully saturated rings. The van der Waals surface area contributed by atoms with Gasteiger partial charge in [-0.2, -0.15) is 4.68 Å². The Labute approximate surface area is 112 Å². The fourth-order valence-corrected chi connectivity index (χ4v) is 2.08. The first-order valence-electron chi connectivity index (χ1n) is 5.09. The van der Waals surface area contributed by atoms with E-state index in [1.807, 2.05) is 24.3 Å². The molecule has 0 atom stereocenters. The van der Waals surface area contributed by atoms with E-state index in [9.17, 15) is 0 Å². The molecule has 18 heavy (non-hydrogen) atoms. The number of aromatic nitrogens is 4. The van der Waals surface area contributed by atoms with Crippen molar-refractivity contribution in [3.63, 3.8) is 0 Å². The summed E-state index contributed by atoms with van der Waals surface area (Å²) in [4.78, 5) is 4.14. The maximum Gasteiger partial charge on any atom is 0.176 e. The number of hydrogen-bond donors (Lipinski definition) is 1. The van der Waals surface area contributed by atoms with Crippen molar-refractivity contribution < 1.29 is 0 Å². The van der Waals surface area contributed by atoms with Gasteiger partial charge in [0.05, 0.1) is 15.6 Å². The lowest BCUT2D eigenvalue weighted by atomic mass is 10.3. The number of rotatable bonds is 1. The van der Waals surface area contributed by atoms with Crippen LogP contribution in [0.2, 0.25) is 10.0 Å². The Morgan fingerprint density at radius 2 is 1.89 bits per heavy atom. The van der Waals surface area contributed by atoms with E-state index in [-0.39, 0.29) is 5.82 Å². The van der Waals surface area contributed by atoms with Gasteiger partial charge < -0.3 is 5.73 Å². The van der Waals surface area contributed by atoms with E-state index in [2.05, 4.69) is 15.3 Å². The molecular formula is C11H7Cl2N5. The van der Waals surface area contributed by atoms with Gasteiger partial charge in [-0.05, 0) is 18.2 Å². The van der Waals surface area contributed by atoms with Crippen molar-refractivity contribution in [1.82, 2.24) is 20.0 Å². The molecule has 7 heteroatoms. The van der Waals surface area contributed by atoms with Gasteiger partial charge in [-0.3, -0.25) is 0 Å². The lowest BCUT2D eigenvalue weighted by molar-refractivity contribution is 0.803. The first-order chi connectivity index (χ1) is 8.66. The highest BCUT2D eigenvalue weighted by Crippen LogP contribution is 2.27. The minimum atomic E-state index is 0.204. The van der Waals surface area contributed by atoms with Crippen LogP contribution in [0.1, 0.15) is 0 Å². The van der Waals surface area contributed by atoms with Crippen LogP contribution in [0.3, 0.4) is 0 Å². The van der Waals surface area contributed by atoms with Crippen molar-refractivity contribution in [2.75, 3.05) is 5.73 Å². The summed E-state index contributed by atoms with van der Waals surface area (Å²) in [6.07, 6.45) is 0. The number of para-hydroxylation sites is 1. The van der Waals surface area contributed by atoms with Gasteiger partial charge in [-0.15, -0.1) is 5.10 Å². The van der Waals surface area contributed by atoms with Crippen molar-refractivity contribution in [2.45, 2.75) is 0 Å². The summed E-state index contributed by atoms with van der Waals surface area (Å²) in [6, 6.07) is 9.03. The van der Waals surface area contributed by atoms with E-state index in [0.717, 1.165) is 11.0 Å². The number of benzene rings is 1. The molecule has 2 N–H and O–H groups in total. The third kappa shape index (κ3) is 1.68. The zero-order valence-electron chi connectivity index (χ0n) is 9.01. The zero-order chi connectivity index (χ0) is 12.7. The number of nitrogens with zero attached hydrogens (tertiary/aromatic N) is 4. The molecule has 3 rings (SSSR count). The molecule has 1 aromatic carbocycles. The highest BCUT2D eigenvalue weighted by molar-refractivity contribution is 6.36. The summed E-state index contributed by atoms with van der Waals surface area (Å²) >= 11 is 12.0. The topological polar surface area (TPSA) is 69.6 Å². The van der Waals surface area contributed by atoms with E-state index >= 15 is 0 Å². The maximum atomic E-state index is 6.10. The van der Waals surface area contributed by atoms with Crippen molar-refractivity contribution in [3.8, 4) is 5.82 Å². The molecule has 0 aliphatic heterocycles. The van der Waals surface area contributed by atoms with E-state index in [1.54, 1.807) is 0 Å². The van der Waals surface area contributed by atoms with Gasteiger partial charge in [-0.25, -0.2) is 4.98 Å². The number of nitrogen functional groups attached to an aromatic ring is 1.